The lowest BCUT2D eigenvalue weighted by Crippen LogP contribution is -2.39. The van der Waals surface area contributed by atoms with Gasteiger partial charge in [0.2, 0.25) is 0 Å². The first-order valence-corrected chi connectivity index (χ1v) is 8.01. The van der Waals surface area contributed by atoms with Crippen molar-refractivity contribution in [3.05, 3.63) is 23.2 Å². The third-order valence-electron chi connectivity index (χ3n) is 4.38. The highest BCUT2D eigenvalue weighted by molar-refractivity contribution is 5.20. The van der Waals surface area contributed by atoms with Crippen LogP contribution in [0.1, 0.15) is 57.6 Å². The largest absolute Gasteiger partial charge is 0.463 e. The summed E-state index contributed by atoms with van der Waals surface area (Å²) in [5.41, 5.74) is 1.27. The van der Waals surface area contributed by atoms with Crippen molar-refractivity contribution in [1.82, 2.24) is 10.2 Å². The zero-order valence-corrected chi connectivity index (χ0v) is 13.7. The lowest BCUT2D eigenvalue weighted by Gasteiger charge is -2.35. The van der Waals surface area contributed by atoms with Crippen LogP contribution < -0.4 is 5.32 Å². The number of piperidine rings is 1. The first-order chi connectivity index (χ1) is 9.45. The second kappa shape index (κ2) is 6.77. The molecule has 0 saturated carbocycles. The van der Waals surface area contributed by atoms with Crippen LogP contribution in [0.2, 0.25) is 0 Å². The number of hydrogen-bond donors (Lipinski definition) is 1. The van der Waals surface area contributed by atoms with Gasteiger partial charge in [-0.3, -0.25) is 4.90 Å². The number of nitrogens with zero attached hydrogens (tertiary/aromatic N) is 1. The molecular formula is C17H30N2O. The smallest absolute Gasteiger partial charge is 0.120 e. The summed E-state index contributed by atoms with van der Waals surface area (Å²) in [6.07, 6.45) is 2.62. The monoisotopic (exact) mass is 278 g/mol. The molecule has 3 heteroatoms. The maximum Gasteiger partial charge on any atom is 0.120 e. The number of nitrogens with one attached hydrogen (secondary N) is 1. The topological polar surface area (TPSA) is 28.4 Å². The van der Waals surface area contributed by atoms with E-state index in [1.807, 2.05) is 0 Å². The summed E-state index contributed by atoms with van der Waals surface area (Å²) in [6.45, 7) is 14.2. The first-order valence-electron chi connectivity index (χ1n) is 8.01. The van der Waals surface area contributed by atoms with Gasteiger partial charge in [0.1, 0.15) is 11.5 Å². The molecule has 1 N–H and O–H groups in total. The summed E-state index contributed by atoms with van der Waals surface area (Å²) >= 11 is 0. The second-order valence-electron chi connectivity index (χ2n) is 6.80. The molecule has 1 aliphatic rings. The van der Waals surface area contributed by atoms with Crippen LogP contribution in [0.4, 0.5) is 0 Å². The highest BCUT2D eigenvalue weighted by Gasteiger charge is 2.23. The number of rotatable bonds is 5. The zero-order chi connectivity index (χ0) is 14.7. The number of aryl methyl sites for hydroxylation is 1. The molecule has 3 nitrogen and oxygen atoms in total. The van der Waals surface area contributed by atoms with Crippen LogP contribution in [0.5, 0.6) is 0 Å². The van der Waals surface area contributed by atoms with Gasteiger partial charge in [0, 0.05) is 12.1 Å². The van der Waals surface area contributed by atoms with Crippen molar-refractivity contribution in [2.24, 2.45) is 5.92 Å². The molecule has 1 aromatic rings. The molecule has 1 aliphatic heterocycles. The third-order valence-corrected chi connectivity index (χ3v) is 4.38. The SMILES string of the molecule is Cc1cc(CN2CCC(C)CC2C)oc1CNC(C)C. The minimum atomic E-state index is 0.492. The number of furan rings is 1. The molecule has 0 aliphatic carbocycles. The van der Waals surface area contributed by atoms with Crippen molar-refractivity contribution < 1.29 is 4.42 Å². The summed E-state index contributed by atoms with van der Waals surface area (Å²) < 4.78 is 6.04. The van der Waals surface area contributed by atoms with E-state index in [0.717, 1.165) is 30.5 Å². The van der Waals surface area contributed by atoms with Crippen LogP contribution in [-0.4, -0.2) is 23.5 Å². The Morgan fingerprint density at radius 3 is 2.80 bits per heavy atom. The van der Waals surface area contributed by atoms with E-state index < -0.39 is 0 Å². The molecule has 1 saturated heterocycles. The van der Waals surface area contributed by atoms with Crippen molar-refractivity contribution in [1.29, 1.82) is 0 Å². The van der Waals surface area contributed by atoms with Gasteiger partial charge in [0.25, 0.3) is 0 Å². The molecular weight excluding hydrogens is 248 g/mol. The van der Waals surface area contributed by atoms with Crippen LogP contribution in [0.25, 0.3) is 0 Å². The first kappa shape index (κ1) is 15.6. The molecule has 2 rings (SSSR count). The van der Waals surface area contributed by atoms with Crippen molar-refractivity contribution >= 4 is 0 Å². The molecule has 2 atom stereocenters. The van der Waals surface area contributed by atoms with Gasteiger partial charge in [0.15, 0.2) is 0 Å². The van der Waals surface area contributed by atoms with Gasteiger partial charge in [-0.25, -0.2) is 0 Å². The highest BCUT2D eigenvalue weighted by Crippen LogP contribution is 2.25. The highest BCUT2D eigenvalue weighted by atomic mass is 16.3. The van der Waals surface area contributed by atoms with E-state index in [9.17, 15) is 0 Å². The Morgan fingerprint density at radius 1 is 1.40 bits per heavy atom. The molecule has 0 bridgehead atoms. The quantitative estimate of drug-likeness (QED) is 0.890. The van der Waals surface area contributed by atoms with E-state index in [1.165, 1.54) is 24.9 Å². The van der Waals surface area contributed by atoms with Crippen LogP contribution in [0.15, 0.2) is 10.5 Å². The zero-order valence-electron chi connectivity index (χ0n) is 13.7. The van der Waals surface area contributed by atoms with E-state index in [2.05, 4.69) is 50.9 Å². The molecule has 20 heavy (non-hydrogen) atoms. The van der Waals surface area contributed by atoms with Gasteiger partial charge >= 0.3 is 0 Å². The Bertz CT molecular complexity index is 425. The minimum Gasteiger partial charge on any atom is -0.463 e. The molecule has 1 aromatic heterocycles. The fourth-order valence-corrected chi connectivity index (χ4v) is 3.03. The maximum absolute atomic E-state index is 6.04. The molecule has 0 radical (unpaired) electrons. The Labute approximate surface area is 123 Å². The summed E-state index contributed by atoms with van der Waals surface area (Å²) in [5, 5.41) is 3.43. The Hall–Kier alpha value is -0.800. The van der Waals surface area contributed by atoms with Crippen molar-refractivity contribution in [3.8, 4) is 0 Å². The molecule has 0 amide bonds. The molecule has 114 valence electrons. The molecule has 2 unspecified atom stereocenters. The molecule has 0 spiro atoms. The fraction of sp³-hybridized carbons (Fsp3) is 0.765. The minimum absolute atomic E-state index is 0.492. The van der Waals surface area contributed by atoms with Crippen molar-refractivity contribution in [2.45, 2.75) is 72.6 Å². The summed E-state index contributed by atoms with van der Waals surface area (Å²) in [4.78, 5) is 2.55. The average Bonchev–Trinajstić information content (AvgIpc) is 2.71. The van der Waals surface area contributed by atoms with Crippen LogP contribution >= 0.6 is 0 Å². The maximum atomic E-state index is 6.04. The lowest BCUT2D eigenvalue weighted by molar-refractivity contribution is 0.113. The van der Waals surface area contributed by atoms with Crippen LogP contribution in [0, 0.1) is 12.8 Å². The second-order valence-corrected chi connectivity index (χ2v) is 6.80. The van der Waals surface area contributed by atoms with Crippen molar-refractivity contribution in [3.63, 3.8) is 0 Å². The van der Waals surface area contributed by atoms with Crippen LogP contribution in [0.3, 0.4) is 0 Å². The summed E-state index contributed by atoms with van der Waals surface area (Å²) in [7, 11) is 0. The Morgan fingerprint density at radius 2 is 2.15 bits per heavy atom. The third kappa shape index (κ3) is 4.10. The fourth-order valence-electron chi connectivity index (χ4n) is 3.03. The average molecular weight is 278 g/mol. The van der Waals surface area contributed by atoms with Crippen LogP contribution in [-0.2, 0) is 13.1 Å². The summed E-state index contributed by atoms with van der Waals surface area (Å²) in [6, 6.07) is 3.37. The van der Waals surface area contributed by atoms with E-state index in [1.54, 1.807) is 0 Å². The van der Waals surface area contributed by atoms with E-state index in [0.29, 0.717) is 12.1 Å². The normalized spacial score (nSPS) is 24.5. The van der Waals surface area contributed by atoms with Gasteiger partial charge in [-0.1, -0.05) is 20.8 Å². The van der Waals surface area contributed by atoms with Gasteiger partial charge in [0.05, 0.1) is 13.1 Å². The summed E-state index contributed by atoms with van der Waals surface area (Å²) in [5.74, 6) is 3.07. The van der Waals surface area contributed by atoms with Gasteiger partial charge in [-0.15, -0.1) is 0 Å². The van der Waals surface area contributed by atoms with E-state index in [4.69, 9.17) is 4.42 Å². The predicted octanol–water partition coefficient (Wildman–Crippen LogP) is 3.71. The number of hydrogen-bond acceptors (Lipinski definition) is 3. The van der Waals surface area contributed by atoms with Gasteiger partial charge in [-0.05, 0) is 50.8 Å². The Balaban J connectivity index is 1.94. The van der Waals surface area contributed by atoms with E-state index in [-0.39, 0.29) is 0 Å². The standard InChI is InChI=1S/C17H30N2O/c1-12(2)18-10-17-14(4)9-16(20-17)11-19-7-6-13(3)8-15(19)5/h9,12-13,15,18H,6-8,10-11H2,1-5H3. The van der Waals surface area contributed by atoms with Gasteiger partial charge < -0.3 is 9.73 Å². The van der Waals surface area contributed by atoms with E-state index >= 15 is 0 Å². The van der Waals surface area contributed by atoms with Crippen molar-refractivity contribution in [2.75, 3.05) is 6.54 Å². The van der Waals surface area contributed by atoms with Gasteiger partial charge in [-0.2, -0.15) is 0 Å². The molecule has 1 fully saturated rings. The molecule has 0 aromatic carbocycles. The molecule has 2 heterocycles. The lowest BCUT2D eigenvalue weighted by atomic mass is 9.93. The Kier molecular flexibility index (Phi) is 5.28. The predicted molar refractivity (Wildman–Crippen MR) is 83.7 cm³/mol. The number of likely N-dealkylation sites (tertiary alicyclic amines) is 1.